The van der Waals surface area contributed by atoms with Gasteiger partial charge in [-0.2, -0.15) is 0 Å². The Kier molecular flexibility index (Phi) is 11.4. The number of ether oxygens (including phenoxy) is 3. The zero-order valence-electron chi connectivity index (χ0n) is 29.5. The number of carbonyl (C=O) groups excluding carboxylic acids is 4. The van der Waals surface area contributed by atoms with Gasteiger partial charge in [0.05, 0.1) is 23.2 Å². The largest absolute Gasteiger partial charge is 0.457 e. The van der Waals surface area contributed by atoms with Crippen LogP contribution in [0.3, 0.4) is 0 Å². The molecule has 1 aromatic carbocycles. The SMILES string of the molecule is CCCC(=O)N(C)C(C)C(=O)OC1CC(=O)N(C)c2cc(cc(C)c2Cl)C/C(C)=C/C=C/C(C)C2(O)CC(OC(=O)N2)C(C)C2OC12C. The first kappa shape index (κ1) is 37.4. The predicted octanol–water partition coefficient (Wildman–Crippen LogP) is 5.24. The van der Waals surface area contributed by atoms with Crippen LogP contribution in [-0.2, 0) is 35.0 Å². The van der Waals surface area contributed by atoms with Crippen molar-refractivity contribution in [2.45, 2.75) is 116 Å². The fraction of sp³-hybridized carbons (Fsp3) is 0.611. The smallest absolute Gasteiger partial charge is 0.409 e. The summed E-state index contributed by atoms with van der Waals surface area (Å²) in [5.41, 5.74) is 0.583. The molecule has 2 N–H and O–H groups in total. The molecule has 3 amide bonds. The molecular weight excluding hydrogens is 638 g/mol. The lowest BCUT2D eigenvalue weighted by molar-refractivity contribution is -0.162. The standard InChI is InChI=1S/C36H50ClN3O8/c1-10-12-29(41)39(8)24(6)33(43)47-28-18-30(42)40(9)26-17-25(16-21(3)31(26)37)15-20(2)13-11-14-22(4)36(45)19-27(46-34(44)38-36)23(5)32-35(28,7)48-32/h11,13-14,16-17,22-24,27-28,32,45H,10,12,15,18-19H2,1-9H3,(H,38,44)/b14-11+,20-13+. The average Bonchev–Trinajstić information content (AvgIpc) is 3.72. The maximum atomic E-state index is 14.0. The molecule has 8 unspecified atom stereocenters. The number of hydrogen-bond donors (Lipinski definition) is 2. The molecule has 3 aliphatic rings. The number of epoxide rings is 1. The Bertz CT molecular complexity index is 1500. The van der Waals surface area contributed by atoms with Crippen LogP contribution in [0.1, 0.15) is 78.4 Å². The van der Waals surface area contributed by atoms with E-state index in [-0.39, 0.29) is 31.1 Å². The van der Waals surface area contributed by atoms with E-state index in [2.05, 4.69) is 5.32 Å². The van der Waals surface area contributed by atoms with Gasteiger partial charge in [0.25, 0.3) is 0 Å². The molecule has 2 fully saturated rings. The van der Waals surface area contributed by atoms with Crippen molar-refractivity contribution in [3.63, 3.8) is 0 Å². The quantitative estimate of drug-likeness (QED) is 0.317. The molecule has 264 valence electrons. The lowest BCUT2D eigenvalue weighted by Gasteiger charge is -2.41. The summed E-state index contributed by atoms with van der Waals surface area (Å²) in [7, 11) is 3.18. The van der Waals surface area contributed by atoms with E-state index in [1.165, 1.54) is 9.80 Å². The number of rotatable bonds is 5. The van der Waals surface area contributed by atoms with Gasteiger partial charge in [0.15, 0.2) is 0 Å². The highest BCUT2D eigenvalue weighted by atomic mass is 35.5. The predicted molar refractivity (Wildman–Crippen MR) is 182 cm³/mol. The molecule has 0 aliphatic carbocycles. The molecule has 11 nitrogen and oxygen atoms in total. The van der Waals surface area contributed by atoms with E-state index in [1.807, 2.05) is 65.0 Å². The number of nitrogens with zero attached hydrogens (tertiary/aromatic N) is 2. The minimum absolute atomic E-state index is 0.0845. The fourth-order valence-corrected chi connectivity index (χ4v) is 6.79. The van der Waals surface area contributed by atoms with E-state index in [0.717, 1.165) is 16.7 Å². The Morgan fingerprint density at radius 1 is 1.25 bits per heavy atom. The maximum absolute atomic E-state index is 14.0. The van der Waals surface area contributed by atoms with Gasteiger partial charge in [-0.05, 0) is 57.7 Å². The van der Waals surface area contributed by atoms with Crippen molar-refractivity contribution in [3.05, 3.63) is 52.1 Å². The molecule has 3 heterocycles. The third-order valence-corrected chi connectivity index (χ3v) is 10.6. The van der Waals surface area contributed by atoms with E-state index in [1.54, 1.807) is 27.9 Å². The van der Waals surface area contributed by atoms with E-state index >= 15 is 0 Å². The topological polar surface area (TPSA) is 138 Å². The Labute approximate surface area is 288 Å². The molecule has 0 spiro atoms. The molecule has 12 heteroatoms. The average molecular weight is 688 g/mol. The van der Waals surface area contributed by atoms with Gasteiger partial charge in [-0.25, -0.2) is 9.59 Å². The van der Waals surface area contributed by atoms with E-state index in [4.69, 9.17) is 25.8 Å². The Morgan fingerprint density at radius 2 is 1.94 bits per heavy atom. The van der Waals surface area contributed by atoms with Gasteiger partial charge in [-0.3, -0.25) is 14.9 Å². The number of halogens is 1. The van der Waals surface area contributed by atoms with Gasteiger partial charge < -0.3 is 29.1 Å². The lowest BCUT2D eigenvalue weighted by Crippen LogP contribution is -2.60. The number of amides is 3. The van der Waals surface area contributed by atoms with Gasteiger partial charge in [-0.15, -0.1) is 0 Å². The van der Waals surface area contributed by atoms with Gasteiger partial charge in [0.1, 0.15) is 29.6 Å². The van der Waals surface area contributed by atoms with Crippen molar-refractivity contribution in [1.29, 1.82) is 0 Å². The number of aliphatic hydroxyl groups is 1. The second kappa shape index (κ2) is 14.6. The monoisotopic (exact) mass is 687 g/mol. The third-order valence-electron chi connectivity index (χ3n) is 10.1. The molecule has 4 bridgehead atoms. The van der Waals surface area contributed by atoms with Crippen molar-refractivity contribution >= 4 is 41.2 Å². The van der Waals surface area contributed by atoms with E-state index < -0.39 is 59.6 Å². The summed E-state index contributed by atoms with van der Waals surface area (Å²) in [6, 6.07) is 2.94. The number of nitrogens with one attached hydrogen (secondary N) is 1. The normalized spacial score (nSPS) is 33.3. The van der Waals surface area contributed by atoms with Crippen molar-refractivity contribution in [2.75, 3.05) is 19.0 Å². The Morgan fingerprint density at radius 3 is 2.60 bits per heavy atom. The molecule has 8 atom stereocenters. The number of alkyl carbamates (subject to hydrolysis) is 1. The van der Waals surface area contributed by atoms with Crippen LogP contribution in [0.15, 0.2) is 35.9 Å². The van der Waals surface area contributed by atoms with Crippen LogP contribution in [0, 0.1) is 18.8 Å². The van der Waals surface area contributed by atoms with Crippen LogP contribution >= 0.6 is 11.6 Å². The molecule has 48 heavy (non-hydrogen) atoms. The number of hydrogen-bond acceptors (Lipinski definition) is 8. The summed E-state index contributed by atoms with van der Waals surface area (Å²) in [6.07, 6.45) is 3.86. The molecule has 3 aliphatic heterocycles. The lowest BCUT2D eigenvalue weighted by atomic mass is 9.82. The first-order valence-electron chi connectivity index (χ1n) is 16.7. The highest BCUT2D eigenvalue weighted by Crippen LogP contribution is 2.49. The number of fused-ring (bicyclic) bond motifs is 5. The molecule has 0 radical (unpaired) electrons. The number of carbonyl (C=O) groups is 4. The summed E-state index contributed by atoms with van der Waals surface area (Å²) in [5, 5.41) is 14.6. The van der Waals surface area contributed by atoms with Crippen molar-refractivity contribution in [2.24, 2.45) is 11.8 Å². The van der Waals surface area contributed by atoms with Crippen LogP contribution in [0.4, 0.5) is 10.5 Å². The first-order chi connectivity index (χ1) is 22.4. The van der Waals surface area contributed by atoms with Crippen LogP contribution in [-0.4, -0.2) is 83.7 Å². The Balaban J connectivity index is 1.75. The number of aryl methyl sites for hydroxylation is 1. The van der Waals surface area contributed by atoms with Crippen LogP contribution in [0.25, 0.3) is 0 Å². The molecule has 4 rings (SSSR count). The number of likely N-dealkylation sites (N-methyl/N-ethyl adjacent to an activating group) is 1. The van der Waals surface area contributed by atoms with Gasteiger partial charge in [-0.1, -0.05) is 62.2 Å². The minimum Gasteiger partial charge on any atom is -0.457 e. The second-order valence-electron chi connectivity index (χ2n) is 13.9. The Hall–Kier alpha value is -3.41. The fourth-order valence-electron chi connectivity index (χ4n) is 6.55. The highest BCUT2D eigenvalue weighted by molar-refractivity contribution is 6.34. The number of allylic oxidation sites excluding steroid dienone is 3. The molecule has 2 saturated heterocycles. The molecule has 0 aromatic heterocycles. The van der Waals surface area contributed by atoms with Gasteiger partial charge >= 0.3 is 12.1 Å². The van der Waals surface area contributed by atoms with E-state index in [9.17, 15) is 24.3 Å². The van der Waals surface area contributed by atoms with Gasteiger partial charge in [0.2, 0.25) is 11.8 Å². The zero-order chi connectivity index (χ0) is 35.7. The molecule has 1 aromatic rings. The highest BCUT2D eigenvalue weighted by Gasteiger charge is 2.64. The van der Waals surface area contributed by atoms with Crippen LogP contribution in [0.5, 0.6) is 0 Å². The summed E-state index contributed by atoms with van der Waals surface area (Å²) in [6.45, 7) is 12.7. The minimum atomic E-state index is -1.58. The van der Waals surface area contributed by atoms with Gasteiger partial charge in [0, 0.05) is 38.8 Å². The molecular formula is C36H50ClN3O8. The van der Waals surface area contributed by atoms with Crippen molar-refractivity contribution in [3.8, 4) is 0 Å². The summed E-state index contributed by atoms with van der Waals surface area (Å²) < 4.78 is 17.9. The number of anilines is 1. The zero-order valence-corrected chi connectivity index (χ0v) is 30.2. The number of esters is 1. The third kappa shape index (κ3) is 7.90. The summed E-state index contributed by atoms with van der Waals surface area (Å²) in [5.74, 6) is -2.14. The summed E-state index contributed by atoms with van der Waals surface area (Å²) in [4.78, 5) is 55.6. The van der Waals surface area contributed by atoms with Crippen LogP contribution < -0.4 is 10.2 Å². The van der Waals surface area contributed by atoms with E-state index in [0.29, 0.717) is 23.6 Å². The van der Waals surface area contributed by atoms with Crippen molar-refractivity contribution < 1.29 is 38.5 Å². The number of benzene rings is 1. The van der Waals surface area contributed by atoms with Crippen molar-refractivity contribution in [1.82, 2.24) is 10.2 Å². The maximum Gasteiger partial charge on any atom is 0.409 e. The molecule has 0 saturated carbocycles. The van der Waals surface area contributed by atoms with Crippen LogP contribution in [0.2, 0.25) is 5.02 Å². The second-order valence-corrected chi connectivity index (χ2v) is 14.3. The first-order valence-corrected chi connectivity index (χ1v) is 17.0. The summed E-state index contributed by atoms with van der Waals surface area (Å²) >= 11 is 6.74.